The van der Waals surface area contributed by atoms with Crippen molar-refractivity contribution in [2.24, 2.45) is 5.92 Å². The number of anilines is 1. The van der Waals surface area contributed by atoms with Crippen molar-refractivity contribution in [3.05, 3.63) is 59.7 Å². The third-order valence-corrected chi connectivity index (χ3v) is 5.20. The second kappa shape index (κ2) is 6.79. The van der Waals surface area contributed by atoms with Crippen molar-refractivity contribution in [2.45, 2.75) is 25.3 Å². The normalized spacial score (nSPS) is 17.1. The predicted molar refractivity (Wildman–Crippen MR) is 99.0 cm³/mol. The molecule has 1 saturated carbocycles. The van der Waals surface area contributed by atoms with Gasteiger partial charge in [0.2, 0.25) is 5.91 Å². The van der Waals surface area contributed by atoms with Crippen LogP contribution < -0.4 is 15.0 Å². The van der Waals surface area contributed by atoms with Crippen LogP contribution in [0.2, 0.25) is 0 Å². The lowest BCUT2D eigenvalue weighted by molar-refractivity contribution is -0.120. The largest absolute Gasteiger partial charge is 0.497 e. The molecule has 1 aliphatic heterocycles. The number of para-hydroxylation sites is 1. The van der Waals surface area contributed by atoms with E-state index in [-0.39, 0.29) is 11.9 Å². The smallest absolute Gasteiger partial charge is 0.240 e. The van der Waals surface area contributed by atoms with Crippen molar-refractivity contribution in [2.75, 3.05) is 25.1 Å². The van der Waals surface area contributed by atoms with E-state index in [1.165, 1.54) is 29.7 Å². The molecule has 1 heterocycles. The van der Waals surface area contributed by atoms with E-state index in [0.29, 0.717) is 12.5 Å². The number of methoxy groups -OCH3 is 1. The monoisotopic (exact) mass is 336 g/mol. The summed E-state index contributed by atoms with van der Waals surface area (Å²) in [6, 6.07) is 16.5. The molecule has 4 rings (SSSR count). The van der Waals surface area contributed by atoms with E-state index in [2.05, 4.69) is 40.5 Å². The van der Waals surface area contributed by atoms with Gasteiger partial charge >= 0.3 is 0 Å². The van der Waals surface area contributed by atoms with Crippen molar-refractivity contribution in [1.29, 1.82) is 0 Å². The Kier molecular flexibility index (Phi) is 4.35. The number of hydrogen-bond donors (Lipinski definition) is 1. The maximum Gasteiger partial charge on any atom is 0.240 e. The highest BCUT2D eigenvalue weighted by molar-refractivity contribution is 5.82. The van der Waals surface area contributed by atoms with Gasteiger partial charge in [-0.05, 0) is 54.5 Å². The topological polar surface area (TPSA) is 41.6 Å². The first-order valence-electron chi connectivity index (χ1n) is 9.01. The Labute approximate surface area is 148 Å². The first-order valence-corrected chi connectivity index (χ1v) is 9.01. The molecule has 2 aliphatic rings. The Balaban J connectivity index is 1.43. The highest BCUT2D eigenvalue weighted by Gasteiger charge is 2.34. The van der Waals surface area contributed by atoms with E-state index >= 15 is 0 Å². The van der Waals surface area contributed by atoms with Crippen LogP contribution in [0, 0.1) is 5.92 Å². The number of benzene rings is 2. The zero-order chi connectivity index (χ0) is 17.2. The minimum Gasteiger partial charge on any atom is -0.497 e. The minimum absolute atomic E-state index is 0.101. The molecule has 1 N–H and O–H groups in total. The molecular formula is C21H24N2O2. The molecule has 1 amide bonds. The van der Waals surface area contributed by atoms with Crippen LogP contribution in [0.3, 0.4) is 0 Å². The molecular weight excluding hydrogens is 312 g/mol. The molecule has 2 aromatic carbocycles. The Morgan fingerprint density at radius 3 is 2.68 bits per heavy atom. The molecule has 0 saturated heterocycles. The first kappa shape index (κ1) is 16.0. The fourth-order valence-electron chi connectivity index (χ4n) is 3.68. The number of ether oxygens (including phenoxy) is 1. The van der Waals surface area contributed by atoms with E-state index in [1.54, 1.807) is 7.11 Å². The van der Waals surface area contributed by atoms with E-state index in [4.69, 9.17) is 4.74 Å². The number of carbonyl (C=O) groups excluding carboxylic acids is 1. The summed E-state index contributed by atoms with van der Waals surface area (Å²) >= 11 is 0. The van der Waals surface area contributed by atoms with Gasteiger partial charge in [0.15, 0.2) is 0 Å². The van der Waals surface area contributed by atoms with Crippen LogP contribution >= 0.6 is 0 Å². The molecule has 4 heteroatoms. The van der Waals surface area contributed by atoms with Crippen LogP contribution in [0.25, 0.3) is 0 Å². The standard InChI is InChI=1S/C21H24N2O2/c1-25-18-10-8-17(9-11-18)21(16-6-7-16)22-20(24)14-23-13-12-15-4-2-3-5-19(15)23/h2-5,8-11,16,21H,6-7,12-14H2,1H3,(H,22,24)/t21-/m1/s1. The number of rotatable bonds is 6. The molecule has 1 aliphatic carbocycles. The molecule has 25 heavy (non-hydrogen) atoms. The van der Waals surface area contributed by atoms with Crippen molar-refractivity contribution < 1.29 is 9.53 Å². The molecule has 130 valence electrons. The minimum atomic E-state index is 0.101. The Bertz CT molecular complexity index is 753. The SMILES string of the molecule is COc1ccc([C@H](NC(=O)CN2CCc3ccccc32)C2CC2)cc1. The van der Waals surface area contributed by atoms with Gasteiger partial charge in [-0.25, -0.2) is 0 Å². The van der Waals surface area contributed by atoms with E-state index in [0.717, 1.165) is 18.7 Å². The van der Waals surface area contributed by atoms with Crippen LogP contribution in [-0.2, 0) is 11.2 Å². The van der Waals surface area contributed by atoms with E-state index in [1.807, 2.05) is 18.2 Å². The fourth-order valence-corrected chi connectivity index (χ4v) is 3.68. The maximum atomic E-state index is 12.7. The quantitative estimate of drug-likeness (QED) is 0.880. The lowest BCUT2D eigenvalue weighted by atomic mass is 10.0. The molecule has 0 bridgehead atoms. The lowest BCUT2D eigenvalue weighted by Crippen LogP contribution is -2.39. The molecule has 1 atom stereocenters. The van der Waals surface area contributed by atoms with E-state index in [9.17, 15) is 4.79 Å². The highest BCUT2D eigenvalue weighted by atomic mass is 16.5. The zero-order valence-corrected chi connectivity index (χ0v) is 14.6. The average Bonchev–Trinajstić information content (AvgIpc) is 3.42. The zero-order valence-electron chi connectivity index (χ0n) is 14.6. The third kappa shape index (κ3) is 3.48. The molecule has 0 spiro atoms. The lowest BCUT2D eigenvalue weighted by Gasteiger charge is -2.23. The number of amides is 1. The summed E-state index contributed by atoms with van der Waals surface area (Å²) in [5.74, 6) is 1.51. The molecule has 0 aromatic heterocycles. The van der Waals surface area contributed by atoms with Gasteiger partial charge in [0.25, 0.3) is 0 Å². The fraction of sp³-hybridized carbons (Fsp3) is 0.381. The first-order chi connectivity index (χ1) is 12.2. The number of fused-ring (bicyclic) bond motifs is 1. The van der Waals surface area contributed by atoms with Gasteiger partial charge < -0.3 is 15.0 Å². The maximum absolute atomic E-state index is 12.7. The van der Waals surface area contributed by atoms with Crippen LogP contribution in [0.5, 0.6) is 5.75 Å². The molecule has 0 unspecified atom stereocenters. The van der Waals surface area contributed by atoms with Gasteiger partial charge in [0, 0.05) is 12.2 Å². The highest BCUT2D eigenvalue weighted by Crippen LogP contribution is 2.41. The van der Waals surface area contributed by atoms with E-state index < -0.39 is 0 Å². The predicted octanol–water partition coefficient (Wildman–Crippen LogP) is 3.33. The second-order valence-corrected chi connectivity index (χ2v) is 6.96. The summed E-state index contributed by atoms with van der Waals surface area (Å²) in [5, 5.41) is 3.27. The second-order valence-electron chi connectivity index (χ2n) is 6.96. The third-order valence-electron chi connectivity index (χ3n) is 5.20. The van der Waals surface area contributed by atoms with Gasteiger partial charge in [0.1, 0.15) is 5.75 Å². The van der Waals surface area contributed by atoms with Gasteiger partial charge in [-0.1, -0.05) is 30.3 Å². The van der Waals surface area contributed by atoms with Gasteiger partial charge in [-0.2, -0.15) is 0 Å². The summed E-state index contributed by atoms with van der Waals surface area (Å²) in [7, 11) is 1.67. The van der Waals surface area contributed by atoms with Gasteiger partial charge in [-0.3, -0.25) is 4.79 Å². The van der Waals surface area contributed by atoms with Crippen molar-refractivity contribution >= 4 is 11.6 Å². The molecule has 1 fully saturated rings. The van der Waals surface area contributed by atoms with Crippen LogP contribution in [0.15, 0.2) is 48.5 Å². The molecule has 4 nitrogen and oxygen atoms in total. The Morgan fingerprint density at radius 2 is 1.96 bits per heavy atom. The Morgan fingerprint density at radius 1 is 1.20 bits per heavy atom. The average molecular weight is 336 g/mol. The van der Waals surface area contributed by atoms with Crippen molar-refractivity contribution in [1.82, 2.24) is 5.32 Å². The van der Waals surface area contributed by atoms with Crippen LogP contribution in [0.1, 0.15) is 30.0 Å². The van der Waals surface area contributed by atoms with Crippen LogP contribution in [-0.4, -0.2) is 26.1 Å². The number of hydrogen-bond acceptors (Lipinski definition) is 3. The van der Waals surface area contributed by atoms with Crippen LogP contribution in [0.4, 0.5) is 5.69 Å². The van der Waals surface area contributed by atoms with Gasteiger partial charge in [0.05, 0.1) is 19.7 Å². The number of nitrogens with zero attached hydrogens (tertiary/aromatic N) is 1. The molecule has 0 radical (unpaired) electrons. The van der Waals surface area contributed by atoms with Gasteiger partial charge in [-0.15, -0.1) is 0 Å². The summed E-state index contributed by atoms with van der Waals surface area (Å²) in [6.07, 6.45) is 3.39. The van der Waals surface area contributed by atoms with Crippen molar-refractivity contribution in [3.63, 3.8) is 0 Å². The number of carbonyl (C=O) groups is 1. The summed E-state index contributed by atoms with van der Waals surface area (Å²) in [5.41, 5.74) is 3.70. The van der Waals surface area contributed by atoms with Crippen molar-refractivity contribution in [3.8, 4) is 5.75 Å². The summed E-state index contributed by atoms with van der Waals surface area (Å²) in [4.78, 5) is 14.9. The number of nitrogens with one attached hydrogen (secondary N) is 1. The molecule has 2 aromatic rings. The Hall–Kier alpha value is -2.49. The summed E-state index contributed by atoms with van der Waals surface area (Å²) in [6.45, 7) is 1.35. The summed E-state index contributed by atoms with van der Waals surface area (Å²) < 4.78 is 5.23.